The summed E-state index contributed by atoms with van der Waals surface area (Å²) in [5.74, 6) is 1.82. The Hall–Kier alpha value is -0.540. The largest absolute Gasteiger partial charge is 0.492 e. The lowest BCUT2D eigenvalue weighted by atomic mass is 10.1. The molecule has 0 aromatic heterocycles. The molecule has 1 aromatic rings. The minimum absolute atomic E-state index is 0. The molecule has 136 valence electrons. The fourth-order valence-electron chi connectivity index (χ4n) is 2.66. The van der Waals surface area contributed by atoms with Gasteiger partial charge in [-0.2, -0.15) is 0 Å². The Bertz CT molecular complexity index is 491. The molecule has 0 radical (unpaired) electrons. The first kappa shape index (κ1) is 21.5. The highest BCUT2D eigenvalue weighted by atomic mass is 127. The third-order valence-corrected chi connectivity index (χ3v) is 4.35. The molecule has 0 atom stereocenters. The number of likely N-dealkylation sites (tertiary alicyclic amines) is 1. The Balaban J connectivity index is 0.00000288. The lowest BCUT2D eigenvalue weighted by molar-refractivity contribution is 0.0263. The van der Waals surface area contributed by atoms with E-state index in [2.05, 4.69) is 38.1 Å². The predicted octanol–water partition coefficient (Wildman–Crippen LogP) is 3.52. The van der Waals surface area contributed by atoms with E-state index in [4.69, 9.17) is 9.47 Å². The molecule has 1 fully saturated rings. The summed E-state index contributed by atoms with van der Waals surface area (Å²) in [7, 11) is 1.83. The van der Waals surface area contributed by atoms with Crippen molar-refractivity contribution in [2.45, 2.75) is 25.9 Å². The second-order valence-corrected chi connectivity index (χ2v) is 6.33. The molecule has 0 unspecified atom stereocenters. The number of aliphatic imine (C=N–C) groups is 1. The zero-order valence-electron chi connectivity index (χ0n) is 14.3. The van der Waals surface area contributed by atoms with Gasteiger partial charge in [-0.05, 0) is 44.0 Å². The first-order chi connectivity index (χ1) is 11.2. The molecule has 1 aliphatic rings. The van der Waals surface area contributed by atoms with Crippen LogP contribution in [-0.4, -0.2) is 56.9 Å². The third kappa shape index (κ3) is 7.14. The van der Waals surface area contributed by atoms with Gasteiger partial charge in [0.15, 0.2) is 5.96 Å². The van der Waals surface area contributed by atoms with Crippen LogP contribution in [-0.2, 0) is 4.74 Å². The standard InChI is InChI=1S/C17H26BrN3O2.HI/c1-3-22-16-8-11-21(12-9-16)17(19-2)20-10-13-23-15-6-4-14(18)5-7-15;/h4-7,16H,3,8-13H2,1-2H3,(H,19,20);1H. The van der Waals surface area contributed by atoms with Gasteiger partial charge in [0.25, 0.3) is 0 Å². The van der Waals surface area contributed by atoms with Crippen molar-refractivity contribution in [2.24, 2.45) is 4.99 Å². The van der Waals surface area contributed by atoms with Crippen LogP contribution >= 0.6 is 39.9 Å². The summed E-state index contributed by atoms with van der Waals surface area (Å²) in [6.07, 6.45) is 2.52. The minimum Gasteiger partial charge on any atom is -0.492 e. The van der Waals surface area contributed by atoms with Crippen molar-refractivity contribution in [3.8, 4) is 5.75 Å². The molecule has 0 spiro atoms. The second-order valence-electron chi connectivity index (χ2n) is 5.42. The van der Waals surface area contributed by atoms with Crippen molar-refractivity contribution >= 4 is 45.9 Å². The Morgan fingerprint density at radius 1 is 1.29 bits per heavy atom. The van der Waals surface area contributed by atoms with Crippen molar-refractivity contribution in [1.82, 2.24) is 10.2 Å². The fraction of sp³-hybridized carbons (Fsp3) is 0.588. The molecule has 1 aliphatic heterocycles. The molecule has 0 aliphatic carbocycles. The summed E-state index contributed by atoms with van der Waals surface area (Å²) in [5.41, 5.74) is 0. The molecule has 1 heterocycles. The average Bonchev–Trinajstić information content (AvgIpc) is 2.58. The highest BCUT2D eigenvalue weighted by Crippen LogP contribution is 2.16. The number of hydrogen-bond donors (Lipinski definition) is 1. The first-order valence-corrected chi connectivity index (χ1v) is 8.97. The molecular weight excluding hydrogens is 485 g/mol. The highest BCUT2D eigenvalue weighted by molar-refractivity contribution is 14.0. The summed E-state index contributed by atoms with van der Waals surface area (Å²) < 4.78 is 12.5. The van der Waals surface area contributed by atoms with E-state index in [-0.39, 0.29) is 24.0 Å². The van der Waals surface area contributed by atoms with Crippen molar-refractivity contribution in [2.75, 3.05) is 39.9 Å². The number of piperidine rings is 1. The lowest BCUT2D eigenvalue weighted by Gasteiger charge is -2.34. The fourth-order valence-corrected chi connectivity index (χ4v) is 2.93. The van der Waals surface area contributed by atoms with Crippen LogP contribution in [0, 0.1) is 0 Å². The van der Waals surface area contributed by atoms with Gasteiger partial charge in [0.2, 0.25) is 0 Å². The number of benzene rings is 1. The van der Waals surface area contributed by atoms with E-state index in [1.807, 2.05) is 31.3 Å². The van der Waals surface area contributed by atoms with Gasteiger partial charge in [0.05, 0.1) is 12.6 Å². The number of rotatable bonds is 6. The van der Waals surface area contributed by atoms with E-state index in [9.17, 15) is 0 Å². The number of hydrogen-bond acceptors (Lipinski definition) is 3. The van der Waals surface area contributed by atoms with Gasteiger partial charge in [0, 0.05) is 31.2 Å². The van der Waals surface area contributed by atoms with Gasteiger partial charge < -0.3 is 19.7 Å². The van der Waals surface area contributed by atoms with E-state index in [1.54, 1.807) is 0 Å². The normalized spacial score (nSPS) is 15.8. The molecule has 2 rings (SSSR count). The zero-order valence-corrected chi connectivity index (χ0v) is 18.2. The molecule has 24 heavy (non-hydrogen) atoms. The molecule has 0 amide bonds. The number of guanidine groups is 1. The van der Waals surface area contributed by atoms with E-state index < -0.39 is 0 Å². The van der Waals surface area contributed by atoms with E-state index >= 15 is 0 Å². The molecule has 1 saturated heterocycles. The van der Waals surface area contributed by atoms with Gasteiger partial charge in [0.1, 0.15) is 12.4 Å². The topological polar surface area (TPSA) is 46.1 Å². The summed E-state index contributed by atoms with van der Waals surface area (Å²) >= 11 is 3.42. The molecular formula is C17H27BrIN3O2. The Labute approximate surface area is 170 Å². The lowest BCUT2D eigenvalue weighted by Crippen LogP contribution is -2.47. The molecule has 0 saturated carbocycles. The van der Waals surface area contributed by atoms with Gasteiger partial charge >= 0.3 is 0 Å². The average molecular weight is 512 g/mol. The number of nitrogens with zero attached hydrogens (tertiary/aromatic N) is 2. The second kappa shape index (κ2) is 11.9. The number of ether oxygens (including phenoxy) is 2. The molecule has 1 N–H and O–H groups in total. The van der Waals surface area contributed by atoms with Crippen LogP contribution in [0.15, 0.2) is 33.7 Å². The van der Waals surface area contributed by atoms with Gasteiger partial charge in [-0.1, -0.05) is 15.9 Å². The summed E-state index contributed by atoms with van der Waals surface area (Å²) in [6.45, 7) is 6.16. The van der Waals surface area contributed by atoms with Crippen molar-refractivity contribution in [1.29, 1.82) is 0 Å². The van der Waals surface area contributed by atoms with Crippen molar-refractivity contribution < 1.29 is 9.47 Å². The third-order valence-electron chi connectivity index (χ3n) is 3.82. The van der Waals surface area contributed by atoms with Crippen LogP contribution in [0.1, 0.15) is 19.8 Å². The summed E-state index contributed by atoms with van der Waals surface area (Å²) in [5, 5.41) is 3.37. The van der Waals surface area contributed by atoms with Crippen LogP contribution in [0.3, 0.4) is 0 Å². The van der Waals surface area contributed by atoms with Crippen LogP contribution in [0.5, 0.6) is 5.75 Å². The first-order valence-electron chi connectivity index (χ1n) is 8.18. The summed E-state index contributed by atoms with van der Waals surface area (Å²) in [4.78, 5) is 6.65. The molecule has 0 bridgehead atoms. The van der Waals surface area contributed by atoms with Crippen LogP contribution in [0.25, 0.3) is 0 Å². The monoisotopic (exact) mass is 511 g/mol. The zero-order chi connectivity index (χ0) is 16.5. The van der Waals surface area contributed by atoms with E-state index in [1.165, 1.54) is 0 Å². The maximum atomic E-state index is 5.72. The van der Waals surface area contributed by atoms with Crippen LogP contribution in [0.4, 0.5) is 0 Å². The Morgan fingerprint density at radius 2 is 1.96 bits per heavy atom. The van der Waals surface area contributed by atoms with E-state index in [0.717, 1.165) is 55.3 Å². The van der Waals surface area contributed by atoms with Gasteiger partial charge in [-0.25, -0.2) is 0 Å². The number of halogens is 2. The van der Waals surface area contributed by atoms with Gasteiger partial charge in [-0.3, -0.25) is 4.99 Å². The maximum Gasteiger partial charge on any atom is 0.193 e. The van der Waals surface area contributed by atoms with Crippen molar-refractivity contribution in [3.63, 3.8) is 0 Å². The van der Waals surface area contributed by atoms with Gasteiger partial charge in [-0.15, -0.1) is 24.0 Å². The van der Waals surface area contributed by atoms with Crippen LogP contribution in [0.2, 0.25) is 0 Å². The Kier molecular flexibility index (Phi) is 10.7. The minimum atomic E-state index is 0. The molecule has 1 aromatic carbocycles. The quantitative estimate of drug-likeness (QED) is 0.275. The number of nitrogens with one attached hydrogen (secondary N) is 1. The Morgan fingerprint density at radius 3 is 2.54 bits per heavy atom. The molecule has 5 nitrogen and oxygen atoms in total. The summed E-state index contributed by atoms with van der Waals surface area (Å²) in [6, 6.07) is 7.86. The highest BCUT2D eigenvalue weighted by Gasteiger charge is 2.21. The van der Waals surface area contributed by atoms with Crippen LogP contribution < -0.4 is 10.1 Å². The van der Waals surface area contributed by atoms with Crippen molar-refractivity contribution in [3.05, 3.63) is 28.7 Å². The predicted molar refractivity (Wildman–Crippen MR) is 113 cm³/mol. The SMILES string of the molecule is CCOC1CCN(C(=NC)NCCOc2ccc(Br)cc2)CC1.I. The maximum absolute atomic E-state index is 5.72. The molecule has 7 heteroatoms. The smallest absolute Gasteiger partial charge is 0.193 e. The van der Waals surface area contributed by atoms with E-state index in [0.29, 0.717) is 12.7 Å².